The van der Waals surface area contributed by atoms with Gasteiger partial charge >= 0.3 is 0 Å². The molecule has 0 spiro atoms. The molecule has 1 aromatic heterocycles. The van der Waals surface area contributed by atoms with Crippen molar-refractivity contribution in [1.82, 2.24) is 4.90 Å². The summed E-state index contributed by atoms with van der Waals surface area (Å²) in [6, 6.07) is 12.0. The van der Waals surface area contributed by atoms with Crippen molar-refractivity contribution in [2.45, 2.75) is 45.1 Å². The Kier molecular flexibility index (Phi) is 4.62. The zero-order chi connectivity index (χ0) is 15.4. The first kappa shape index (κ1) is 14.9. The highest BCUT2D eigenvalue weighted by atomic mass is 16.3. The molecule has 0 N–H and O–H groups in total. The van der Waals surface area contributed by atoms with Crippen LogP contribution in [0.3, 0.4) is 0 Å². The predicted octanol–water partition coefficient (Wildman–Crippen LogP) is 4.74. The molecule has 3 rings (SSSR count). The lowest BCUT2D eigenvalue weighted by Gasteiger charge is -2.25. The van der Waals surface area contributed by atoms with E-state index in [9.17, 15) is 4.79 Å². The molecular weight excluding hydrogens is 274 g/mol. The monoisotopic (exact) mass is 297 g/mol. The summed E-state index contributed by atoms with van der Waals surface area (Å²) < 4.78 is 5.43. The van der Waals surface area contributed by atoms with Crippen molar-refractivity contribution < 1.29 is 9.21 Å². The lowest BCUT2D eigenvalue weighted by Crippen LogP contribution is -2.35. The van der Waals surface area contributed by atoms with E-state index in [0.29, 0.717) is 6.04 Å². The van der Waals surface area contributed by atoms with E-state index in [1.165, 1.54) is 12.8 Å². The number of amides is 1. The normalized spacial score (nSPS) is 17.9. The molecule has 1 amide bonds. The fraction of sp³-hybridized carbons (Fsp3) is 0.421. The smallest absolute Gasteiger partial charge is 0.254 e. The van der Waals surface area contributed by atoms with Gasteiger partial charge in [-0.05, 0) is 43.5 Å². The first-order valence-electron chi connectivity index (χ1n) is 8.24. The minimum atomic E-state index is 0.159. The molecule has 1 aromatic carbocycles. The lowest BCUT2D eigenvalue weighted by atomic mass is 10.1. The van der Waals surface area contributed by atoms with Gasteiger partial charge in [0.25, 0.3) is 5.91 Å². The van der Waals surface area contributed by atoms with Crippen LogP contribution in [0.1, 0.15) is 49.4 Å². The number of hydrogen-bond donors (Lipinski definition) is 0. The molecule has 0 unspecified atom stereocenters. The van der Waals surface area contributed by atoms with Crippen LogP contribution in [-0.2, 0) is 0 Å². The fourth-order valence-corrected chi connectivity index (χ4v) is 3.26. The van der Waals surface area contributed by atoms with E-state index in [4.69, 9.17) is 4.42 Å². The summed E-state index contributed by atoms with van der Waals surface area (Å²) in [5, 5.41) is 0. The summed E-state index contributed by atoms with van der Waals surface area (Å²) >= 11 is 0. The molecule has 1 aliphatic heterocycles. The van der Waals surface area contributed by atoms with Crippen LogP contribution >= 0.6 is 0 Å². The van der Waals surface area contributed by atoms with Gasteiger partial charge in [-0.2, -0.15) is 0 Å². The molecule has 2 aromatic rings. The first-order chi connectivity index (χ1) is 10.8. The Balaban J connectivity index is 1.78. The summed E-state index contributed by atoms with van der Waals surface area (Å²) in [5.41, 5.74) is 1.72. The van der Waals surface area contributed by atoms with E-state index in [0.717, 1.165) is 42.7 Å². The average molecular weight is 297 g/mol. The third kappa shape index (κ3) is 3.08. The van der Waals surface area contributed by atoms with Gasteiger partial charge in [0, 0.05) is 23.7 Å². The largest absolute Gasteiger partial charge is 0.464 e. The van der Waals surface area contributed by atoms with Crippen LogP contribution < -0.4 is 0 Å². The molecule has 3 nitrogen and oxygen atoms in total. The van der Waals surface area contributed by atoms with E-state index < -0.39 is 0 Å². The minimum Gasteiger partial charge on any atom is -0.464 e. The molecule has 2 heterocycles. The molecule has 0 saturated carbocycles. The maximum atomic E-state index is 12.8. The summed E-state index contributed by atoms with van der Waals surface area (Å²) in [7, 11) is 0. The quantitative estimate of drug-likeness (QED) is 0.798. The molecule has 1 aliphatic rings. The van der Waals surface area contributed by atoms with Gasteiger partial charge in [0.1, 0.15) is 5.76 Å². The highest BCUT2D eigenvalue weighted by molar-refractivity contribution is 5.95. The second-order valence-corrected chi connectivity index (χ2v) is 5.99. The van der Waals surface area contributed by atoms with E-state index in [2.05, 4.69) is 11.8 Å². The lowest BCUT2D eigenvalue weighted by molar-refractivity contribution is 0.0729. The first-order valence-corrected chi connectivity index (χ1v) is 8.24. The topological polar surface area (TPSA) is 33.5 Å². The summed E-state index contributed by atoms with van der Waals surface area (Å²) in [6.07, 6.45) is 7.43. The van der Waals surface area contributed by atoms with Crippen molar-refractivity contribution in [3.05, 3.63) is 48.2 Å². The highest BCUT2D eigenvalue weighted by Gasteiger charge is 2.28. The molecule has 1 fully saturated rings. The number of carbonyl (C=O) groups excluding carboxylic acids is 1. The van der Waals surface area contributed by atoms with Gasteiger partial charge in [0.2, 0.25) is 0 Å². The van der Waals surface area contributed by atoms with Crippen LogP contribution in [0.15, 0.2) is 47.1 Å². The molecule has 0 bridgehead atoms. The van der Waals surface area contributed by atoms with E-state index in [1.54, 1.807) is 6.26 Å². The predicted molar refractivity (Wildman–Crippen MR) is 87.7 cm³/mol. The number of rotatable bonds is 5. The van der Waals surface area contributed by atoms with Crippen LogP contribution in [0.4, 0.5) is 0 Å². The van der Waals surface area contributed by atoms with Crippen LogP contribution in [-0.4, -0.2) is 23.4 Å². The van der Waals surface area contributed by atoms with Crippen LogP contribution in [0.25, 0.3) is 11.3 Å². The van der Waals surface area contributed by atoms with Gasteiger partial charge in [-0.1, -0.05) is 31.9 Å². The second kappa shape index (κ2) is 6.82. The van der Waals surface area contributed by atoms with Crippen molar-refractivity contribution in [3.63, 3.8) is 0 Å². The second-order valence-electron chi connectivity index (χ2n) is 5.99. The molecule has 3 heteroatoms. The number of likely N-dealkylation sites (tertiary alicyclic amines) is 1. The molecule has 22 heavy (non-hydrogen) atoms. The zero-order valence-corrected chi connectivity index (χ0v) is 13.1. The summed E-state index contributed by atoms with van der Waals surface area (Å²) in [6.45, 7) is 3.09. The molecular formula is C19H23NO2. The SMILES string of the molecule is CCCC[C@@H]1CCCN1C(=O)c1cccc(-c2ccco2)c1. The number of hydrogen-bond acceptors (Lipinski definition) is 2. The Labute approximate surface area is 131 Å². The average Bonchev–Trinajstić information content (AvgIpc) is 3.23. The number of benzene rings is 1. The van der Waals surface area contributed by atoms with E-state index in [-0.39, 0.29) is 5.91 Å². The van der Waals surface area contributed by atoms with Crippen LogP contribution in [0, 0.1) is 0 Å². The standard InChI is InChI=1S/C19H23NO2/c1-2-3-9-17-10-5-12-20(17)19(21)16-8-4-7-15(14-16)18-11-6-13-22-18/h4,6-8,11,13-14,17H,2-3,5,9-10,12H2,1H3/t17-/m1/s1. The molecule has 1 saturated heterocycles. The minimum absolute atomic E-state index is 0.159. The van der Waals surface area contributed by atoms with Crippen molar-refractivity contribution in [1.29, 1.82) is 0 Å². The fourth-order valence-electron chi connectivity index (χ4n) is 3.26. The number of carbonyl (C=O) groups is 1. The van der Waals surface area contributed by atoms with Crippen LogP contribution in [0.5, 0.6) is 0 Å². The van der Waals surface area contributed by atoms with Crippen molar-refractivity contribution in [2.75, 3.05) is 6.54 Å². The number of furan rings is 1. The Bertz CT molecular complexity index is 618. The van der Waals surface area contributed by atoms with Crippen molar-refractivity contribution in [3.8, 4) is 11.3 Å². The third-order valence-corrected chi connectivity index (χ3v) is 4.44. The summed E-state index contributed by atoms with van der Waals surface area (Å²) in [4.78, 5) is 14.9. The Morgan fingerprint density at radius 3 is 3.00 bits per heavy atom. The Morgan fingerprint density at radius 2 is 2.23 bits per heavy atom. The van der Waals surface area contributed by atoms with E-state index in [1.807, 2.05) is 36.4 Å². The zero-order valence-electron chi connectivity index (χ0n) is 13.1. The molecule has 0 aliphatic carbocycles. The van der Waals surface area contributed by atoms with Crippen molar-refractivity contribution in [2.24, 2.45) is 0 Å². The Morgan fingerprint density at radius 1 is 1.32 bits per heavy atom. The van der Waals surface area contributed by atoms with E-state index >= 15 is 0 Å². The molecule has 1 atom stereocenters. The number of unbranched alkanes of at least 4 members (excludes halogenated alkanes) is 1. The van der Waals surface area contributed by atoms with Gasteiger partial charge in [-0.15, -0.1) is 0 Å². The van der Waals surface area contributed by atoms with Gasteiger partial charge in [-0.3, -0.25) is 4.79 Å². The summed E-state index contributed by atoms with van der Waals surface area (Å²) in [5.74, 6) is 0.964. The van der Waals surface area contributed by atoms with Crippen LogP contribution in [0.2, 0.25) is 0 Å². The molecule has 116 valence electrons. The van der Waals surface area contributed by atoms with Gasteiger partial charge in [0.05, 0.1) is 6.26 Å². The molecule has 0 radical (unpaired) electrons. The van der Waals surface area contributed by atoms with Gasteiger partial charge < -0.3 is 9.32 Å². The number of nitrogens with zero attached hydrogens (tertiary/aromatic N) is 1. The van der Waals surface area contributed by atoms with Gasteiger partial charge in [0.15, 0.2) is 0 Å². The maximum absolute atomic E-state index is 12.8. The highest BCUT2D eigenvalue weighted by Crippen LogP contribution is 2.26. The van der Waals surface area contributed by atoms with Crippen molar-refractivity contribution >= 4 is 5.91 Å². The maximum Gasteiger partial charge on any atom is 0.254 e. The van der Waals surface area contributed by atoms with Gasteiger partial charge in [-0.25, -0.2) is 0 Å². The Hall–Kier alpha value is -2.03. The third-order valence-electron chi connectivity index (χ3n) is 4.44.